The van der Waals surface area contributed by atoms with Gasteiger partial charge in [0.1, 0.15) is 11.3 Å². The minimum absolute atomic E-state index is 0.0186. The van der Waals surface area contributed by atoms with Crippen LogP contribution in [0.3, 0.4) is 0 Å². The first-order valence-electron chi connectivity index (χ1n) is 10.2. The third-order valence-corrected chi connectivity index (χ3v) is 6.52. The van der Waals surface area contributed by atoms with E-state index in [9.17, 15) is 19.8 Å². The zero-order chi connectivity index (χ0) is 21.2. The lowest BCUT2D eigenvalue weighted by molar-refractivity contribution is 0.0694. The molecule has 3 N–H and O–H groups in total. The fourth-order valence-corrected chi connectivity index (χ4v) is 4.97. The molecule has 0 amide bonds. The lowest BCUT2D eigenvalue weighted by Gasteiger charge is -2.28. The van der Waals surface area contributed by atoms with Crippen LogP contribution in [-0.4, -0.2) is 59.6 Å². The van der Waals surface area contributed by atoms with Crippen molar-refractivity contribution >= 4 is 22.6 Å². The van der Waals surface area contributed by atoms with Crippen molar-refractivity contribution in [3.63, 3.8) is 0 Å². The molecule has 1 unspecified atom stereocenters. The van der Waals surface area contributed by atoms with E-state index in [4.69, 9.17) is 4.74 Å². The molecule has 3 aliphatic rings. The molecule has 1 aromatic carbocycles. The lowest BCUT2D eigenvalue weighted by Crippen LogP contribution is -2.47. The first kappa shape index (κ1) is 19.3. The molecule has 0 radical (unpaired) electrons. The molecule has 0 bridgehead atoms. The number of fused-ring (bicyclic) bond motifs is 2. The van der Waals surface area contributed by atoms with Gasteiger partial charge in [-0.15, -0.1) is 0 Å². The van der Waals surface area contributed by atoms with Crippen LogP contribution < -0.4 is 20.4 Å². The van der Waals surface area contributed by atoms with Crippen LogP contribution in [0, 0.1) is 11.7 Å². The summed E-state index contributed by atoms with van der Waals surface area (Å²) in [5.41, 5.74) is -0.353. The maximum absolute atomic E-state index is 15.3. The number of hydrogen-bond acceptors (Lipinski definition) is 6. The van der Waals surface area contributed by atoms with E-state index in [0.717, 1.165) is 18.9 Å². The van der Waals surface area contributed by atoms with Crippen LogP contribution in [0.4, 0.5) is 10.1 Å². The van der Waals surface area contributed by atoms with Gasteiger partial charge >= 0.3 is 5.97 Å². The van der Waals surface area contributed by atoms with E-state index in [-0.39, 0.29) is 40.4 Å². The zero-order valence-corrected chi connectivity index (χ0v) is 16.6. The van der Waals surface area contributed by atoms with Gasteiger partial charge in [-0.2, -0.15) is 0 Å². The Hall–Kier alpha value is -2.65. The molecule has 1 aromatic heterocycles. The number of carbonyl (C=O) groups is 1. The number of ether oxygens (including phenoxy) is 1. The van der Waals surface area contributed by atoms with Crippen molar-refractivity contribution in [3.05, 3.63) is 33.9 Å². The number of anilines is 1. The molecule has 0 spiro atoms. The van der Waals surface area contributed by atoms with Crippen molar-refractivity contribution in [1.29, 1.82) is 0 Å². The van der Waals surface area contributed by atoms with E-state index in [2.05, 4.69) is 5.32 Å². The van der Waals surface area contributed by atoms with Crippen molar-refractivity contribution in [2.24, 2.45) is 5.92 Å². The van der Waals surface area contributed by atoms with Crippen molar-refractivity contribution < 1.29 is 24.1 Å². The molecular formula is C21H24FN3O5. The first-order valence-corrected chi connectivity index (χ1v) is 10.2. The minimum atomic E-state index is -1.33. The Labute approximate surface area is 171 Å². The number of carboxylic acid groups (broad SMARTS) is 1. The largest absolute Gasteiger partial charge is 0.492 e. The van der Waals surface area contributed by atoms with Crippen molar-refractivity contribution in [2.45, 2.75) is 37.5 Å². The van der Waals surface area contributed by atoms with Gasteiger partial charge in [-0.25, -0.2) is 9.18 Å². The van der Waals surface area contributed by atoms with Crippen LogP contribution in [0.5, 0.6) is 5.75 Å². The standard InChI is InChI=1S/C21H24FN3O5/c1-30-20-17-13(19(27)14(21(28)29)8-25(17)11-2-3-11)5-15(22)18(20)24-7-10-4-12(26)6-23-16(10)9-24/h5,8,10-12,16,23,26H,2-4,6-7,9H2,1H3,(H,28,29)/t10-,12?,16+/m0/s1. The molecule has 1 saturated carbocycles. The van der Waals surface area contributed by atoms with Gasteiger partial charge in [0.2, 0.25) is 5.43 Å². The van der Waals surface area contributed by atoms with Gasteiger partial charge in [0.05, 0.1) is 24.1 Å². The van der Waals surface area contributed by atoms with Gasteiger partial charge in [0.15, 0.2) is 11.6 Å². The topological polar surface area (TPSA) is 104 Å². The van der Waals surface area contributed by atoms with E-state index in [0.29, 0.717) is 31.6 Å². The normalized spacial score (nSPS) is 26.1. The van der Waals surface area contributed by atoms with Crippen LogP contribution in [0.15, 0.2) is 17.1 Å². The molecule has 30 heavy (non-hydrogen) atoms. The van der Waals surface area contributed by atoms with Crippen LogP contribution in [0.2, 0.25) is 0 Å². The molecule has 2 saturated heterocycles. The second-order valence-corrected chi connectivity index (χ2v) is 8.52. The lowest BCUT2D eigenvalue weighted by atomic mass is 9.92. The summed E-state index contributed by atoms with van der Waals surface area (Å²) in [6.07, 6.45) is 3.33. The Morgan fingerprint density at radius 2 is 2.10 bits per heavy atom. The highest BCUT2D eigenvalue weighted by atomic mass is 19.1. The van der Waals surface area contributed by atoms with Crippen LogP contribution >= 0.6 is 0 Å². The molecule has 9 heteroatoms. The molecule has 1 aliphatic carbocycles. The SMILES string of the molecule is COc1c(N2C[C@@H]3CC(O)CN[C@@H]3C2)c(F)cc2c(=O)c(C(=O)O)cn(C3CC3)c12. The number of halogens is 1. The molecule has 8 nitrogen and oxygen atoms in total. The number of aromatic carboxylic acids is 1. The predicted molar refractivity (Wildman–Crippen MR) is 108 cm³/mol. The van der Waals surface area contributed by atoms with Crippen molar-refractivity contribution in [2.75, 3.05) is 31.6 Å². The molecule has 3 fully saturated rings. The molecule has 3 atom stereocenters. The summed E-state index contributed by atoms with van der Waals surface area (Å²) in [4.78, 5) is 26.3. The highest BCUT2D eigenvalue weighted by Gasteiger charge is 2.40. The Morgan fingerprint density at radius 1 is 1.33 bits per heavy atom. The number of β-amino-alcohol motifs (C(OH)–C–C–N with tert-alkyl or cyclic N) is 1. The van der Waals surface area contributed by atoms with Crippen molar-refractivity contribution in [1.82, 2.24) is 9.88 Å². The van der Waals surface area contributed by atoms with Crippen LogP contribution in [0.1, 0.15) is 35.7 Å². The Balaban J connectivity index is 1.70. The predicted octanol–water partition coefficient (Wildman–Crippen LogP) is 1.34. The smallest absolute Gasteiger partial charge is 0.341 e. The number of aromatic nitrogens is 1. The quantitative estimate of drug-likeness (QED) is 0.690. The van der Waals surface area contributed by atoms with E-state index >= 15 is 4.39 Å². The molecular weight excluding hydrogens is 393 g/mol. The number of piperidine rings is 1. The summed E-state index contributed by atoms with van der Waals surface area (Å²) in [5, 5.41) is 22.7. The molecule has 160 valence electrons. The second kappa shape index (κ2) is 6.95. The second-order valence-electron chi connectivity index (χ2n) is 8.52. The number of aliphatic hydroxyl groups is 1. The summed E-state index contributed by atoms with van der Waals surface area (Å²) in [6, 6.07) is 1.36. The first-order chi connectivity index (χ1) is 14.4. The molecule has 3 heterocycles. The fraction of sp³-hybridized carbons (Fsp3) is 0.524. The fourth-order valence-electron chi connectivity index (χ4n) is 4.97. The summed E-state index contributed by atoms with van der Waals surface area (Å²) >= 11 is 0. The van der Waals surface area contributed by atoms with Gasteiger partial charge in [-0.1, -0.05) is 0 Å². The minimum Gasteiger partial charge on any atom is -0.492 e. The summed E-state index contributed by atoms with van der Waals surface area (Å²) < 4.78 is 22.7. The van der Waals surface area contributed by atoms with Crippen LogP contribution in [-0.2, 0) is 0 Å². The Morgan fingerprint density at radius 3 is 2.77 bits per heavy atom. The molecule has 2 aromatic rings. The van der Waals surface area contributed by atoms with E-state index in [1.165, 1.54) is 13.3 Å². The summed E-state index contributed by atoms with van der Waals surface area (Å²) in [5.74, 6) is -1.49. The number of nitrogens with one attached hydrogen (secondary N) is 1. The summed E-state index contributed by atoms with van der Waals surface area (Å²) in [7, 11) is 1.44. The van der Waals surface area contributed by atoms with Crippen molar-refractivity contribution in [3.8, 4) is 5.75 Å². The van der Waals surface area contributed by atoms with Gasteiger partial charge in [0, 0.05) is 37.9 Å². The number of hydrogen-bond donors (Lipinski definition) is 3. The third kappa shape index (κ3) is 2.95. The monoisotopic (exact) mass is 417 g/mol. The summed E-state index contributed by atoms with van der Waals surface area (Å²) in [6.45, 7) is 1.65. The average Bonchev–Trinajstić information content (AvgIpc) is 3.46. The zero-order valence-electron chi connectivity index (χ0n) is 16.6. The number of methoxy groups -OCH3 is 1. The van der Waals surface area contributed by atoms with Crippen LogP contribution in [0.25, 0.3) is 10.9 Å². The number of rotatable bonds is 4. The van der Waals surface area contributed by atoms with E-state index in [1.807, 2.05) is 4.90 Å². The number of nitrogens with zero attached hydrogens (tertiary/aromatic N) is 2. The van der Waals surface area contributed by atoms with E-state index in [1.54, 1.807) is 4.57 Å². The Bertz CT molecular complexity index is 1100. The van der Waals surface area contributed by atoms with Gasteiger partial charge < -0.3 is 29.7 Å². The number of benzene rings is 1. The van der Waals surface area contributed by atoms with E-state index < -0.39 is 23.3 Å². The molecule has 5 rings (SSSR count). The third-order valence-electron chi connectivity index (χ3n) is 6.52. The maximum atomic E-state index is 15.3. The number of pyridine rings is 1. The average molecular weight is 417 g/mol. The van der Waals surface area contributed by atoms with Gasteiger partial charge in [0.25, 0.3) is 0 Å². The highest BCUT2D eigenvalue weighted by Crippen LogP contribution is 2.45. The maximum Gasteiger partial charge on any atom is 0.341 e. The highest BCUT2D eigenvalue weighted by molar-refractivity contribution is 5.97. The number of carboxylic acids is 1. The number of aliphatic hydroxyl groups excluding tert-OH is 1. The Kier molecular flexibility index (Phi) is 4.48. The van der Waals surface area contributed by atoms with Gasteiger partial charge in [-0.05, 0) is 31.2 Å². The van der Waals surface area contributed by atoms with Gasteiger partial charge in [-0.3, -0.25) is 4.79 Å². The molecule has 2 aliphatic heterocycles.